The van der Waals surface area contributed by atoms with E-state index in [4.69, 9.17) is 5.73 Å². The molecule has 1 saturated heterocycles. The Bertz CT molecular complexity index is 466. The molecule has 0 radical (unpaired) electrons. The maximum absolute atomic E-state index is 12.7. The van der Waals surface area contributed by atoms with Gasteiger partial charge in [0.2, 0.25) is 0 Å². The van der Waals surface area contributed by atoms with Crippen LogP contribution in [0.5, 0.6) is 0 Å². The van der Waals surface area contributed by atoms with Gasteiger partial charge in [0.05, 0.1) is 5.69 Å². The summed E-state index contributed by atoms with van der Waals surface area (Å²) in [5, 5.41) is 4.46. The van der Waals surface area contributed by atoms with Crippen LogP contribution < -0.4 is 5.73 Å². The number of amides is 1. The van der Waals surface area contributed by atoms with Crippen LogP contribution in [0.1, 0.15) is 49.8 Å². The number of hydrogen-bond donors (Lipinski definition) is 1. The first kappa shape index (κ1) is 15.0. The van der Waals surface area contributed by atoms with Crippen LogP contribution in [0.2, 0.25) is 0 Å². The van der Waals surface area contributed by atoms with Gasteiger partial charge in [0.25, 0.3) is 5.91 Å². The molecule has 0 saturated carbocycles. The Morgan fingerprint density at radius 1 is 1.55 bits per heavy atom. The maximum atomic E-state index is 12.7. The highest BCUT2D eigenvalue weighted by atomic mass is 16.2. The number of likely N-dealkylation sites (tertiary alicyclic amines) is 1. The van der Waals surface area contributed by atoms with Gasteiger partial charge < -0.3 is 10.6 Å². The molecule has 1 fully saturated rings. The van der Waals surface area contributed by atoms with Gasteiger partial charge >= 0.3 is 0 Å². The van der Waals surface area contributed by atoms with Gasteiger partial charge in [-0.3, -0.25) is 9.48 Å². The molecule has 5 nitrogen and oxygen atoms in total. The molecule has 2 atom stereocenters. The fourth-order valence-electron chi connectivity index (χ4n) is 2.84. The predicted octanol–water partition coefficient (Wildman–Crippen LogP) is 1.66. The van der Waals surface area contributed by atoms with Crippen molar-refractivity contribution < 1.29 is 4.79 Å². The van der Waals surface area contributed by atoms with Crippen molar-refractivity contribution >= 4 is 5.91 Å². The Kier molecular flexibility index (Phi) is 4.81. The van der Waals surface area contributed by atoms with Crippen LogP contribution in [0.3, 0.4) is 0 Å². The number of aromatic nitrogens is 2. The summed E-state index contributed by atoms with van der Waals surface area (Å²) in [5.41, 5.74) is 7.69. The van der Waals surface area contributed by atoms with E-state index in [1.165, 1.54) is 0 Å². The Labute approximate surface area is 121 Å². The molecule has 5 heteroatoms. The van der Waals surface area contributed by atoms with Crippen molar-refractivity contribution in [1.82, 2.24) is 14.7 Å². The van der Waals surface area contributed by atoms with Crippen LogP contribution in [0.4, 0.5) is 0 Å². The lowest BCUT2D eigenvalue weighted by Crippen LogP contribution is -2.45. The molecule has 0 bridgehead atoms. The molecule has 1 aliphatic heterocycles. The van der Waals surface area contributed by atoms with Gasteiger partial charge in [-0.25, -0.2) is 0 Å². The highest BCUT2D eigenvalue weighted by Crippen LogP contribution is 2.21. The molecule has 0 aromatic carbocycles. The van der Waals surface area contributed by atoms with Crippen LogP contribution in [0.25, 0.3) is 0 Å². The van der Waals surface area contributed by atoms with E-state index < -0.39 is 0 Å². The molecule has 112 valence electrons. The molecule has 1 aliphatic rings. The van der Waals surface area contributed by atoms with Gasteiger partial charge in [0.1, 0.15) is 5.69 Å². The van der Waals surface area contributed by atoms with E-state index in [9.17, 15) is 4.79 Å². The summed E-state index contributed by atoms with van der Waals surface area (Å²) in [6.07, 6.45) is 3.02. The van der Waals surface area contributed by atoms with E-state index >= 15 is 0 Å². The van der Waals surface area contributed by atoms with Crippen molar-refractivity contribution in [3.63, 3.8) is 0 Å². The number of hydrogen-bond acceptors (Lipinski definition) is 3. The van der Waals surface area contributed by atoms with Crippen LogP contribution >= 0.6 is 0 Å². The van der Waals surface area contributed by atoms with Gasteiger partial charge in [-0.2, -0.15) is 5.10 Å². The minimum atomic E-state index is 0.101. The van der Waals surface area contributed by atoms with E-state index in [0.717, 1.165) is 50.3 Å². The molecule has 1 aromatic rings. The number of rotatable bonds is 4. The lowest BCUT2D eigenvalue weighted by molar-refractivity contribution is 0.0648. The number of nitrogens with zero attached hydrogens (tertiary/aromatic N) is 3. The zero-order chi connectivity index (χ0) is 14.7. The Morgan fingerprint density at radius 2 is 2.30 bits per heavy atom. The van der Waals surface area contributed by atoms with Gasteiger partial charge in [-0.15, -0.1) is 0 Å². The Hall–Kier alpha value is -1.36. The van der Waals surface area contributed by atoms with Gasteiger partial charge in [-0.05, 0) is 45.1 Å². The second-order valence-electron chi connectivity index (χ2n) is 5.70. The monoisotopic (exact) mass is 278 g/mol. The number of piperidine rings is 1. The third-order valence-electron chi connectivity index (χ3n) is 4.20. The number of aryl methyl sites for hydroxylation is 2. The second-order valence-corrected chi connectivity index (χ2v) is 5.70. The molecule has 2 unspecified atom stereocenters. The standard InChI is InChI=1S/C15H26N4O/c1-4-13-9-14(19(5-2)17-13)15(20)18-8-6-7-12(10-18)11(3)16/h9,11-12H,4-8,10,16H2,1-3H3. The van der Waals surface area contributed by atoms with Crippen LogP contribution in [-0.2, 0) is 13.0 Å². The van der Waals surface area contributed by atoms with Crippen molar-refractivity contribution in [2.24, 2.45) is 11.7 Å². The van der Waals surface area contributed by atoms with Crippen molar-refractivity contribution in [2.75, 3.05) is 13.1 Å². The molecular weight excluding hydrogens is 252 g/mol. The van der Waals surface area contributed by atoms with E-state index in [1.807, 2.05) is 29.5 Å². The first-order valence-electron chi connectivity index (χ1n) is 7.68. The van der Waals surface area contributed by atoms with Crippen LogP contribution in [0.15, 0.2) is 6.07 Å². The highest BCUT2D eigenvalue weighted by Gasteiger charge is 2.28. The zero-order valence-corrected chi connectivity index (χ0v) is 12.8. The van der Waals surface area contributed by atoms with Crippen molar-refractivity contribution in [1.29, 1.82) is 0 Å². The maximum Gasteiger partial charge on any atom is 0.272 e. The van der Waals surface area contributed by atoms with Crippen molar-refractivity contribution in [3.8, 4) is 0 Å². The van der Waals surface area contributed by atoms with Gasteiger partial charge in [-0.1, -0.05) is 6.92 Å². The summed E-state index contributed by atoms with van der Waals surface area (Å²) in [4.78, 5) is 14.6. The molecule has 1 aromatic heterocycles. The van der Waals surface area contributed by atoms with E-state index in [-0.39, 0.29) is 11.9 Å². The minimum absolute atomic E-state index is 0.101. The molecule has 2 heterocycles. The molecule has 0 aliphatic carbocycles. The Balaban J connectivity index is 2.16. The summed E-state index contributed by atoms with van der Waals surface area (Å²) in [5.74, 6) is 0.515. The summed E-state index contributed by atoms with van der Waals surface area (Å²) in [6, 6.07) is 2.08. The molecule has 1 amide bonds. The first-order chi connectivity index (χ1) is 9.56. The summed E-state index contributed by atoms with van der Waals surface area (Å²) < 4.78 is 1.82. The van der Waals surface area contributed by atoms with Crippen LogP contribution in [-0.4, -0.2) is 39.7 Å². The largest absolute Gasteiger partial charge is 0.337 e. The molecule has 0 spiro atoms. The fourth-order valence-corrected chi connectivity index (χ4v) is 2.84. The highest BCUT2D eigenvalue weighted by molar-refractivity contribution is 5.92. The summed E-state index contributed by atoms with van der Waals surface area (Å²) in [7, 11) is 0. The number of nitrogens with two attached hydrogens (primary N) is 1. The van der Waals surface area contributed by atoms with Crippen molar-refractivity contribution in [2.45, 2.75) is 52.6 Å². The minimum Gasteiger partial charge on any atom is -0.337 e. The molecule has 20 heavy (non-hydrogen) atoms. The van der Waals surface area contributed by atoms with Gasteiger partial charge in [0.15, 0.2) is 0 Å². The normalized spacial score (nSPS) is 21.0. The molecular formula is C15H26N4O. The SMILES string of the molecule is CCc1cc(C(=O)N2CCCC(C(C)N)C2)n(CC)n1. The van der Waals surface area contributed by atoms with Gasteiger partial charge in [0, 0.05) is 25.7 Å². The third kappa shape index (κ3) is 3.03. The summed E-state index contributed by atoms with van der Waals surface area (Å²) in [6.45, 7) is 8.44. The third-order valence-corrected chi connectivity index (χ3v) is 4.20. The Morgan fingerprint density at radius 3 is 2.90 bits per heavy atom. The molecule has 2 rings (SSSR count). The molecule has 2 N–H and O–H groups in total. The average Bonchev–Trinajstić information content (AvgIpc) is 2.90. The van der Waals surface area contributed by atoms with E-state index in [2.05, 4.69) is 12.0 Å². The van der Waals surface area contributed by atoms with E-state index in [1.54, 1.807) is 0 Å². The topological polar surface area (TPSA) is 64.2 Å². The lowest BCUT2D eigenvalue weighted by Gasteiger charge is -2.34. The fraction of sp³-hybridized carbons (Fsp3) is 0.733. The summed E-state index contributed by atoms with van der Waals surface area (Å²) >= 11 is 0. The van der Waals surface area contributed by atoms with E-state index in [0.29, 0.717) is 5.92 Å². The first-order valence-corrected chi connectivity index (χ1v) is 7.68. The lowest BCUT2D eigenvalue weighted by atomic mass is 9.92. The van der Waals surface area contributed by atoms with Crippen molar-refractivity contribution in [3.05, 3.63) is 17.5 Å². The second kappa shape index (κ2) is 6.39. The average molecular weight is 278 g/mol. The quantitative estimate of drug-likeness (QED) is 0.911. The number of carbonyl (C=O) groups excluding carboxylic acids is 1. The predicted molar refractivity (Wildman–Crippen MR) is 79.6 cm³/mol. The van der Waals surface area contributed by atoms with Crippen LogP contribution in [0, 0.1) is 5.92 Å². The smallest absolute Gasteiger partial charge is 0.272 e. The zero-order valence-electron chi connectivity index (χ0n) is 12.8. The number of carbonyl (C=O) groups is 1.